The lowest BCUT2D eigenvalue weighted by Gasteiger charge is -2.18. The number of rotatable bonds is 4. The molecule has 0 aliphatic carbocycles. The van der Waals surface area contributed by atoms with Crippen molar-refractivity contribution in [2.45, 2.75) is 24.3 Å². The van der Waals surface area contributed by atoms with Gasteiger partial charge in [-0.15, -0.1) is 5.10 Å². The van der Waals surface area contributed by atoms with E-state index in [1.807, 2.05) is 18.2 Å². The summed E-state index contributed by atoms with van der Waals surface area (Å²) in [7, 11) is 0. The van der Waals surface area contributed by atoms with Crippen LogP contribution in [-0.2, 0) is 9.47 Å². The maximum Gasteiger partial charge on any atom is 0.287 e. The van der Waals surface area contributed by atoms with Crippen molar-refractivity contribution in [1.29, 1.82) is 0 Å². The quantitative estimate of drug-likeness (QED) is 0.664. The van der Waals surface area contributed by atoms with Gasteiger partial charge in [-0.1, -0.05) is 0 Å². The van der Waals surface area contributed by atoms with Crippen molar-refractivity contribution < 1.29 is 28.2 Å². The molecule has 3 aliphatic heterocycles. The fourth-order valence-electron chi connectivity index (χ4n) is 4.10. The van der Waals surface area contributed by atoms with Crippen molar-refractivity contribution in [2.24, 2.45) is 0 Å². The molecule has 30 heavy (non-hydrogen) atoms. The average molecular weight is 411 g/mol. The van der Waals surface area contributed by atoms with Crippen LogP contribution in [0.15, 0.2) is 41.0 Å². The highest BCUT2D eigenvalue weighted by atomic mass is 16.7. The largest absolute Gasteiger partial charge is 0.459 e. The molecular weight excluding hydrogens is 394 g/mol. The summed E-state index contributed by atoms with van der Waals surface area (Å²) in [5, 5.41) is 15.1. The molecule has 2 saturated heterocycles. The highest BCUT2D eigenvalue weighted by Gasteiger charge is 2.50. The first kappa shape index (κ1) is 17.4. The molecule has 11 nitrogen and oxygen atoms in total. The van der Waals surface area contributed by atoms with Gasteiger partial charge in [0.2, 0.25) is 6.79 Å². The minimum Gasteiger partial charge on any atom is -0.459 e. The lowest BCUT2D eigenvalue weighted by atomic mass is 10.1. The third kappa shape index (κ3) is 2.74. The summed E-state index contributed by atoms with van der Waals surface area (Å²) < 4.78 is 29.6. The molecule has 0 saturated carbocycles. The van der Waals surface area contributed by atoms with Gasteiger partial charge in [-0.2, -0.15) is 0 Å². The number of ether oxygens (including phenoxy) is 4. The van der Waals surface area contributed by atoms with E-state index in [0.29, 0.717) is 30.5 Å². The predicted molar refractivity (Wildman–Crippen MR) is 97.9 cm³/mol. The Morgan fingerprint density at radius 1 is 1.10 bits per heavy atom. The van der Waals surface area contributed by atoms with Crippen molar-refractivity contribution in [1.82, 2.24) is 25.5 Å². The van der Waals surface area contributed by atoms with Crippen LogP contribution in [0.5, 0.6) is 11.5 Å². The van der Waals surface area contributed by atoms with Gasteiger partial charge < -0.3 is 28.7 Å². The Morgan fingerprint density at radius 3 is 2.90 bits per heavy atom. The van der Waals surface area contributed by atoms with Crippen molar-refractivity contribution >= 4 is 5.91 Å². The van der Waals surface area contributed by atoms with Crippen molar-refractivity contribution in [2.75, 3.05) is 20.0 Å². The molecule has 0 unspecified atom stereocenters. The number of tetrazole rings is 1. The molecule has 5 heterocycles. The van der Waals surface area contributed by atoms with E-state index in [-0.39, 0.29) is 42.8 Å². The number of nitrogens with one attached hydrogen (secondary N) is 1. The minimum absolute atomic E-state index is 0.197. The number of benzene rings is 1. The highest BCUT2D eigenvalue weighted by molar-refractivity contribution is 5.91. The molecule has 0 spiro atoms. The molecule has 2 aromatic heterocycles. The molecule has 3 aliphatic rings. The molecule has 11 heteroatoms. The summed E-state index contributed by atoms with van der Waals surface area (Å²) >= 11 is 0. The molecule has 154 valence electrons. The Kier molecular flexibility index (Phi) is 3.96. The molecule has 1 N–H and O–H groups in total. The number of furan rings is 1. The van der Waals surface area contributed by atoms with Crippen LogP contribution < -0.4 is 14.8 Å². The minimum atomic E-state index is -0.303. The lowest BCUT2D eigenvalue weighted by Crippen LogP contribution is -2.44. The van der Waals surface area contributed by atoms with E-state index in [2.05, 4.69) is 20.8 Å². The van der Waals surface area contributed by atoms with Gasteiger partial charge in [-0.3, -0.25) is 4.79 Å². The van der Waals surface area contributed by atoms with Gasteiger partial charge in [-0.05, 0) is 40.8 Å². The number of hydrogen-bond acceptors (Lipinski definition) is 9. The monoisotopic (exact) mass is 411 g/mol. The fourth-order valence-corrected chi connectivity index (χ4v) is 4.10. The predicted octanol–water partition coefficient (Wildman–Crippen LogP) is 0.799. The van der Waals surface area contributed by atoms with Crippen LogP contribution in [-0.4, -0.2) is 64.4 Å². The lowest BCUT2D eigenvalue weighted by molar-refractivity contribution is 0.0613. The molecule has 2 fully saturated rings. The molecule has 0 bridgehead atoms. The van der Waals surface area contributed by atoms with Crippen molar-refractivity contribution in [3.05, 3.63) is 42.4 Å². The third-order valence-corrected chi connectivity index (χ3v) is 5.53. The SMILES string of the molecule is O=C(N[C@@H]1CO[C@@H]2[C@@H]1OC[C@@H]2n1nnnc1-c1ccc2c(c1)OCO2)c1ccco1. The molecule has 6 rings (SSSR count). The summed E-state index contributed by atoms with van der Waals surface area (Å²) in [5.74, 6) is 1.87. The zero-order chi connectivity index (χ0) is 20.1. The molecular formula is C19H17N5O6. The Balaban J connectivity index is 1.22. The molecule has 1 amide bonds. The summed E-state index contributed by atoms with van der Waals surface area (Å²) in [4.78, 5) is 12.3. The highest BCUT2D eigenvalue weighted by Crippen LogP contribution is 2.38. The first-order chi connectivity index (χ1) is 14.8. The van der Waals surface area contributed by atoms with Gasteiger partial charge in [0.25, 0.3) is 5.91 Å². The van der Waals surface area contributed by atoms with Crippen LogP contribution in [0, 0.1) is 0 Å². The number of carbonyl (C=O) groups excluding carboxylic acids is 1. The van der Waals surface area contributed by atoms with E-state index < -0.39 is 0 Å². The zero-order valence-electron chi connectivity index (χ0n) is 15.6. The van der Waals surface area contributed by atoms with Gasteiger partial charge in [0, 0.05) is 5.56 Å². The number of amides is 1. The summed E-state index contributed by atoms with van der Waals surface area (Å²) in [5.41, 5.74) is 0.799. The smallest absolute Gasteiger partial charge is 0.287 e. The van der Waals surface area contributed by atoms with Gasteiger partial charge in [0.05, 0.1) is 25.5 Å². The number of aromatic nitrogens is 4. The van der Waals surface area contributed by atoms with Gasteiger partial charge in [-0.25, -0.2) is 4.68 Å². The second-order valence-electron chi connectivity index (χ2n) is 7.24. The number of hydrogen-bond donors (Lipinski definition) is 1. The maximum absolute atomic E-state index is 12.3. The van der Waals surface area contributed by atoms with E-state index in [0.717, 1.165) is 5.56 Å². The second kappa shape index (κ2) is 6.82. The molecule has 0 radical (unpaired) electrons. The van der Waals surface area contributed by atoms with E-state index in [4.69, 9.17) is 23.4 Å². The summed E-state index contributed by atoms with van der Waals surface area (Å²) in [6.45, 7) is 0.897. The normalized spacial score (nSPS) is 26.7. The van der Waals surface area contributed by atoms with Crippen LogP contribution in [0.2, 0.25) is 0 Å². The Morgan fingerprint density at radius 2 is 2.00 bits per heavy atom. The van der Waals surface area contributed by atoms with E-state index >= 15 is 0 Å². The summed E-state index contributed by atoms with van der Waals surface area (Å²) in [6.07, 6.45) is 0.867. The standard InChI is InChI=1S/C19H17N5O6/c25-19(14-2-1-5-26-14)20-11-7-27-17-12(8-28-16(11)17)24-18(21-22-23-24)10-3-4-13-15(6-10)30-9-29-13/h1-6,11-12,16-17H,7-9H2,(H,20,25)/t11-,12+,16-,17+/m1/s1. The van der Waals surface area contributed by atoms with E-state index in [9.17, 15) is 4.79 Å². The molecule has 3 aromatic rings. The van der Waals surface area contributed by atoms with E-state index in [1.54, 1.807) is 16.8 Å². The van der Waals surface area contributed by atoms with Gasteiger partial charge in [0.1, 0.15) is 18.2 Å². The number of nitrogens with zero attached hydrogens (tertiary/aromatic N) is 4. The number of carbonyl (C=O) groups is 1. The third-order valence-electron chi connectivity index (χ3n) is 5.53. The Bertz CT molecular complexity index is 1080. The van der Waals surface area contributed by atoms with Crippen LogP contribution in [0.4, 0.5) is 0 Å². The van der Waals surface area contributed by atoms with Crippen LogP contribution in [0.3, 0.4) is 0 Å². The Hall–Kier alpha value is -3.44. The summed E-state index contributed by atoms with van der Waals surface area (Å²) in [6, 6.07) is 8.32. The first-order valence-electron chi connectivity index (χ1n) is 9.53. The Labute approximate surface area is 169 Å². The van der Waals surface area contributed by atoms with Gasteiger partial charge in [0.15, 0.2) is 23.1 Å². The zero-order valence-corrected chi connectivity index (χ0v) is 15.6. The van der Waals surface area contributed by atoms with Crippen LogP contribution in [0.25, 0.3) is 11.4 Å². The molecule has 1 aromatic carbocycles. The maximum atomic E-state index is 12.3. The van der Waals surface area contributed by atoms with Crippen LogP contribution in [0.1, 0.15) is 16.6 Å². The topological polar surface area (TPSA) is 123 Å². The van der Waals surface area contributed by atoms with Crippen molar-refractivity contribution in [3.8, 4) is 22.9 Å². The van der Waals surface area contributed by atoms with Crippen molar-refractivity contribution in [3.63, 3.8) is 0 Å². The van der Waals surface area contributed by atoms with E-state index in [1.165, 1.54) is 6.26 Å². The fraction of sp³-hybridized carbons (Fsp3) is 0.368. The average Bonchev–Trinajstić information content (AvgIpc) is 3.57. The second-order valence-corrected chi connectivity index (χ2v) is 7.24. The van der Waals surface area contributed by atoms with Crippen LogP contribution >= 0.6 is 0 Å². The number of fused-ring (bicyclic) bond motifs is 2. The van der Waals surface area contributed by atoms with Gasteiger partial charge >= 0.3 is 0 Å². The molecule has 4 atom stereocenters. The first-order valence-corrected chi connectivity index (χ1v) is 9.53.